The van der Waals surface area contributed by atoms with Gasteiger partial charge in [-0.2, -0.15) is 11.8 Å². The highest BCUT2D eigenvalue weighted by molar-refractivity contribution is 9.10. The second-order valence-electron chi connectivity index (χ2n) is 4.85. The van der Waals surface area contributed by atoms with Crippen LogP contribution in [0.3, 0.4) is 0 Å². The Kier molecular flexibility index (Phi) is 5.78. The summed E-state index contributed by atoms with van der Waals surface area (Å²) in [6.07, 6.45) is 2.88. The van der Waals surface area contributed by atoms with Crippen molar-refractivity contribution in [3.05, 3.63) is 22.2 Å². The summed E-state index contributed by atoms with van der Waals surface area (Å²) in [6, 6.07) is 3.60. The summed E-state index contributed by atoms with van der Waals surface area (Å²) < 4.78 is 11.3. The normalized spacial score (nSPS) is 15.9. The maximum Gasteiger partial charge on any atom is 0.166 e. The van der Waals surface area contributed by atoms with Crippen molar-refractivity contribution in [1.82, 2.24) is 0 Å². The zero-order valence-corrected chi connectivity index (χ0v) is 14.2. The van der Waals surface area contributed by atoms with Crippen LogP contribution in [-0.2, 0) is 0 Å². The average Bonchev–Trinajstić information content (AvgIpc) is 2.47. The molecule has 0 N–H and O–H groups in total. The molecular formula is C15H19BrO3S. The predicted octanol–water partition coefficient (Wildman–Crippen LogP) is 4.18. The van der Waals surface area contributed by atoms with E-state index in [4.69, 9.17) is 9.47 Å². The summed E-state index contributed by atoms with van der Waals surface area (Å²) in [6.45, 7) is 0. The molecule has 5 heteroatoms. The molecule has 1 aliphatic rings. The van der Waals surface area contributed by atoms with E-state index in [1.807, 2.05) is 11.8 Å². The minimum Gasteiger partial charge on any atom is -0.495 e. The molecule has 0 atom stereocenters. The number of halogens is 1. The highest BCUT2D eigenvalue weighted by Gasteiger charge is 2.22. The Balaban J connectivity index is 2.18. The second-order valence-corrected chi connectivity index (χ2v) is 6.86. The number of hydrogen-bond acceptors (Lipinski definition) is 4. The van der Waals surface area contributed by atoms with E-state index >= 15 is 0 Å². The van der Waals surface area contributed by atoms with Gasteiger partial charge in [0.2, 0.25) is 0 Å². The van der Waals surface area contributed by atoms with Crippen LogP contribution in [-0.4, -0.2) is 31.5 Å². The van der Waals surface area contributed by atoms with Crippen LogP contribution >= 0.6 is 27.7 Å². The van der Waals surface area contributed by atoms with Gasteiger partial charge in [-0.1, -0.05) is 0 Å². The molecule has 1 fully saturated rings. The van der Waals surface area contributed by atoms with Crippen molar-refractivity contribution in [3.63, 3.8) is 0 Å². The number of hydrogen-bond donors (Lipinski definition) is 0. The lowest BCUT2D eigenvalue weighted by Gasteiger charge is -2.21. The fourth-order valence-corrected chi connectivity index (χ4v) is 4.31. The highest BCUT2D eigenvalue weighted by atomic mass is 79.9. The number of carbonyl (C=O) groups excluding carboxylic acids is 1. The molecule has 0 aliphatic carbocycles. The van der Waals surface area contributed by atoms with Crippen molar-refractivity contribution < 1.29 is 14.3 Å². The molecular weight excluding hydrogens is 340 g/mol. The number of ether oxygens (including phenoxy) is 2. The van der Waals surface area contributed by atoms with Gasteiger partial charge in [0.25, 0.3) is 0 Å². The third-order valence-corrected chi connectivity index (χ3v) is 5.40. The van der Waals surface area contributed by atoms with E-state index in [-0.39, 0.29) is 5.78 Å². The van der Waals surface area contributed by atoms with E-state index in [2.05, 4.69) is 15.9 Å². The molecule has 0 radical (unpaired) electrons. The molecule has 1 saturated heterocycles. The van der Waals surface area contributed by atoms with Crippen LogP contribution in [0.5, 0.6) is 11.5 Å². The lowest BCUT2D eigenvalue weighted by atomic mass is 9.93. The lowest BCUT2D eigenvalue weighted by Crippen LogP contribution is -2.15. The van der Waals surface area contributed by atoms with Gasteiger partial charge >= 0.3 is 0 Å². The SMILES string of the molecule is COc1ccc(C(=O)CC2CCSCC2)c(OC)c1Br. The first-order valence-electron chi connectivity index (χ1n) is 6.68. The summed E-state index contributed by atoms with van der Waals surface area (Å²) in [5, 5.41) is 0. The molecule has 0 unspecified atom stereocenters. The highest BCUT2D eigenvalue weighted by Crippen LogP contribution is 2.38. The summed E-state index contributed by atoms with van der Waals surface area (Å²) in [5.74, 6) is 4.24. The van der Waals surface area contributed by atoms with Crippen LogP contribution in [0.15, 0.2) is 16.6 Å². The topological polar surface area (TPSA) is 35.5 Å². The minimum atomic E-state index is 0.155. The van der Waals surface area contributed by atoms with Crippen LogP contribution in [0.2, 0.25) is 0 Å². The maximum absolute atomic E-state index is 12.5. The van der Waals surface area contributed by atoms with Gasteiger partial charge in [-0.3, -0.25) is 4.79 Å². The van der Waals surface area contributed by atoms with Crippen LogP contribution < -0.4 is 9.47 Å². The van der Waals surface area contributed by atoms with Crippen molar-refractivity contribution in [1.29, 1.82) is 0 Å². The largest absolute Gasteiger partial charge is 0.495 e. The molecule has 0 spiro atoms. The van der Waals surface area contributed by atoms with Crippen molar-refractivity contribution in [2.45, 2.75) is 19.3 Å². The first-order valence-corrected chi connectivity index (χ1v) is 8.63. The molecule has 3 nitrogen and oxygen atoms in total. The zero-order valence-electron chi connectivity index (χ0n) is 11.8. The molecule has 0 aromatic heterocycles. The molecule has 1 aromatic rings. The van der Waals surface area contributed by atoms with Crippen molar-refractivity contribution in [2.24, 2.45) is 5.92 Å². The Labute approximate surface area is 132 Å². The number of methoxy groups -OCH3 is 2. The van der Waals surface area contributed by atoms with Crippen LogP contribution in [0, 0.1) is 5.92 Å². The maximum atomic E-state index is 12.5. The van der Waals surface area contributed by atoms with E-state index in [1.165, 1.54) is 11.5 Å². The van der Waals surface area contributed by atoms with Gasteiger partial charge in [0.1, 0.15) is 16.0 Å². The molecule has 1 aromatic carbocycles. The number of Topliss-reactive ketones (excluding diaryl/α,β-unsaturated/α-hetero) is 1. The number of carbonyl (C=O) groups is 1. The van der Waals surface area contributed by atoms with E-state index in [0.717, 1.165) is 12.8 Å². The number of benzene rings is 1. The summed E-state index contributed by atoms with van der Waals surface area (Å²) in [4.78, 5) is 12.5. The first-order chi connectivity index (χ1) is 9.67. The minimum absolute atomic E-state index is 0.155. The average molecular weight is 359 g/mol. The molecule has 0 bridgehead atoms. The molecule has 2 rings (SSSR count). The molecule has 1 aliphatic heterocycles. The van der Waals surface area contributed by atoms with Gasteiger partial charge in [-0.25, -0.2) is 0 Å². The molecule has 20 heavy (non-hydrogen) atoms. The van der Waals surface area contributed by atoms with E-state index in [1.54, 1.807) is 26.4 Å². The summed E-state index contributed by atoms with van der Waals surface area (Å²) in [5.41, 5.74) is 0.637. The molecule has 0 saturated carbocycles. The number of ketones is 1. The van der Waals surface area contributed by atoms with Gasteiger partial charge in [-0.05, 0) is 58.3 Å². The van der Waals surface area contributed by atoms with Crippen molar-refractivity contribution in [2.75, 3.05) is 25.7 Å². The monoisotopic (exact) mass is 358 g/mol. The van der Waals surface area contributed by atoms with Gasteiger partial charge in [0, 0.05) is 6.42 Å². The standard InChI is InChI=1S/C15H19BrO3S/c1-18-13-4-3-11(15(19-2)14(13)16)12(17)9-10-5-7-20-8-6-10/h3-4,10H,5-9H2,1-2H3. The molecule has 1 heterocycles. The molecule has 110 valence electrons. The fourth-order valence-electron chi connectivity index (χ4n) is 2.44. The van der Waals surface area contributed by atoms with Gasteiger partial charge < -0.3 is 9.47 Å². The Morgan fingerprint density at radius 2 is 2.00 bits per heavy atom. The van der Waals surface area contributed by atoms with Gasteiger partial charge in [0.15, 0.2) is 5.78 Å². The van der Waals surface area contributed by atoms with Crippen molar-refractivity contribution in [3.8, 4) is 11.5 Å². The Morgan fingerprint density at radius 1 is 1.30 bits per heavy atom. The first kappa shape index (κ1) is 15.7. The zero-order chi connectivity index (χ0) is 14.5. The van der Waals surface area contributed by atoms with Gasteiger partial charge in [0.05, 0.1) is 19.8 Å². The third kappa shape index (κ3) is 3.50. The van der Waals surface area contributed by atoms with Crippen LogP contribution in [0.4, 0.5) is 0 Å². The Bertz CT molecular complexity index is 484. The van der Waals surface area contributed by atoms with E-state index < -0.39 is 0 Å². The Morgan fingerprint density at radius 3 is 2.60 bits per heavy atom. The van der Waals surface area contributed by atoms with Crippen LogP contribution in [0.25, 0.3) is 0 Å². The smallest absolute Gasteiger partial charge is 0.166 e. The third-order valence-electron chi connectivity index (χ3n) is 3.60. The van der Waals surface area contributed by atoms with Gasteiger partial charge in [-0.15, -0.1) is 0 Å². The summed E-state index contributed by atoms with van der Waals surface area (Å²) in [7, 11) is 3.17. The number of thioether (sulfide) groups is 1. The van der Waals surface area contributed by atoms with E-state index in [0.29, 0.717) is 33.9 Å². The molecule has 0 amide bonds. The Hall–Kier alpha value is -0.680. The number of rotatable bonds is 5. The second kappa shape index (κ2) is 7.36. The lowest BCUT2D eigenvalue weighted by molar-refractivity contribution is 0.0955. The predicted molar refractivity (Wildman–Crippen MR) is 86.2 cm³/mol. The fraction of sp³-hybridized carbons (Fsp3) is 0.533. The van der Waals surface area contributed by atoms with Crippen molar-refractivity contribution >= 4 is 33.5 Å². The van der Waals surface area contributed by atoms with Crippen LogP contribution in [0.1, 0.15) is 29.6 Å². The summed E-state index contributed by atoms with van der Waals surface area (Å²) >= 11 is 5.42. The van der Waals surface area contributed by atoms with E-state index in [9.17, 15) is 4.79 Å². The quantitative estimate of drug-likeness (QED) is 0.739.